The van der Waals surface area contributed by atoms with Gasteiger partial charge in [0.2, 0.25) is 5.91 Å². The average Bonchev–Trinajstić information content (AvgIpc) is 3.21. The largest absolute Gasteiger partial charge is 0.367 e. The summed E-state index contributed by atoms with van der Waals surface area (Å²) in [6.45, 7) is 2.67. The minimum absolute atomic E-state index is 0.0595. The van der Waals surface area contributed by atoms with Crippen molar-refractivity contribution in [3.05, 3.63) is 36.5 Å². The molecule has 0 unspecified atom stereocenters. The molecule has 1 fully saturated rings. The fraction of sp³-hybridized carbons (Fsp3) is 0.467. The topological polar surface area (TPSA) is 96.8 Å². The van der Waals surface area contributed by atoms with Crippen LogP contribution in [0.2, 0.25) is 0 Å². The molecule has 0 spiro atoms. The highest BCUT2D eigenvalue weighted by Gasteiger charge is 2.34. The van der Waals surface area contributed by atoms with Gasteiger partial charge < -0.3 is 16.0 Å². The number of carbonyl (C=O) groups excluding carboxylic acids is 1. The van der Waals surface area contributed by atoms with Gasteiger partial charge in [0.25, 0.3) is 0 Å². The summed E-state index contributed by atoms with van der Waals surface area (Å²) >= 11 is 0. The Balaban J connectivity index is 1.47. The summed E-state index contributed by atoms with van der Waals surface area (Å²) in [5, 5.41) is 13.6. The monoisotopic (exact) mass is 315 g/mol. The van der Waals surface area contributed by atoms with Crippen LogP contribution in [-0.2, 0) is 11.8 Å². The zero-order chi connectivity index (χ0) is 16.1. The van der Waals surface area contributed by atoms with Gasteiger partial charge in [0.15, 0.2) is 0 Å². The Morgan fingerprint density at radius 2 is 2.26 bits per heavy atom. The van der Waals surface area contributed by atoms with Gasteiger partial charge >= 0.3 is 0 Å². The second kappa shape index (κ2) is 7.19. The van der Waals surface area contributed by atoms with Gasteiger partial charge in [-0.1, -0.05) is 0 Å². The summed E-state index contributed by atoms with van der Waals surface area (Å²) in [6.07, 6.45) is 8.73. The predicted molar refractivity (Wildman–Crippen MR) is 85.8 cm³/mol. The third kappa shape index (κ3) is 3.84. The van der Waals surface area contributed by atoms with Gasteiger partial charge in [0, 0.05) is 57.7 Å². The normalized spacial score (nSPS) is 20.4. The maximum Gasteiger partial charge on any atom is 0.225 e. The SMILES string of the molecule is Cn1cc([C@H]2CNC[C@@H]2C(=O)NCCNc2cnccn2)cn1. The van der Waals surface area contributed by atoms with E-state index in [-0.39, 0.29) is 17.7 Å². The molecule has 3 heterocycles. The number of rotatable bonds is 6. The van der Waals surface area contributed by atoms with Crippen molar-refractivity contribution in [3.63, 3.8) is 0 Å². The van der Waals surface area contributed by atoms with E-state index >= 15 is 0 Å². The summed E-state index contributed by atoms with van der Waals surface area (Å²) in [4.78, 5) is 20.5. The molecule has 1 aliphatic rings. The maximum atomic E-state index is 12.4. The quantitative estimate of drug-likeness (QED) is 0.636. The number of anilines is 1. The van der Waals surface area contributed by atoms with Crippen molar-refractivity contribution in [1.29, 1.82) is 0 Å². The molecule has 0 radical (unpaired) electrons. The molecule has 1 amide bonds. The molecular formula is C15H21N7O. The van der Waals surface area contributed by atoms with Crippen molar-refractivity contribution >= 4 is 11.7 Å². The zero-order valence-corrected chi connectivity index (χ0v) is 13.1. The lowest BCUT2D eigenvalue weighted by Gasteiger charge is -2.17. The molecule has 3 rings (SSSR count). The van der Waals surface area contributed by atoms with Crippen molar-refractivity contribution in [3.8, 4) is 0 Å². The van der Waals surface area contributed by atoms with Crippen molar-refractivity contribution in [2.75, 3.05) is 31.5 Å². The highest BCUT2D eigenvalue weighted by atomic mass is 16.1. The van der Waals surface area contributed by atoms with E-state index in [1.54, 1.807) is 23.3 Å². The highest BCUT2D eigenvalue weighted by Crippen LogP contribution is 2.27. The number of amides is 1. The number of carbonyl (C=O) groups is 1. The van der Waals surface area contributed by atoms with E-state index < -0.39 is 0 Å². The van der Waals surface area contributed by atoms with Crippen LogP contribution < -0.4 is 16.0 Å². The Hall–Kier alpha value is -2.48. The summed E-state index contributed by atoms with van der Waals surface area (Å²) in [6, 6.07) is 0. The van der Waals surface area contributed by atoms with E-state index in [0.29, 0.717) is 25.5 Å². The Morgan fingerprint density at radius 3 is 3.00 bits per heavy atom. The number of nitrogens with one attached hydrogen (secondary N) is 3. The number of aromatic nitrogens is 4. The van der Waals surface area contributed by atoms with Crippen LogP contribution in [0.4, 0.5) is 5.82 Å². The van der Waals surface area contributed by atoms with Gasteiger partial charge in [0.05, 0.1) is 18.3 Å². The zero-order valence-electron chi connectivity index (χ0n) is 13.1. The Labute approximate surface area is 134 Å². The third-order valence-corrected chi connectivity index (χ3v) is 4.00. The smallest absolute Gasteiger partial charge is 0.225 e. The molecule has 1 saturated heterocycles. The van der Waals surface area contributed by atoms with Crippen molar-refractivity contribution in [2.24, 2.45) is 13.0 Å². The van der Waals surface area contributed by atoms with Crippen LogP contribution in [0.25, 0.3) is 0 Å². The molecule has 2 aromatic rings. The first-order valence-electron chi connectivity index (χ1n) is 7.71. The summed E-state index contributed by atoms with van der Waals surface area (Å²) in [5.41, 5.74) is 1.11. The van der Waals surface area contributed by atoms with Crippen LogP contribution in [0.5, 0.6) is 0 Å². The number of hydrogen-bond donors (Lipinski definition) is 3. The Bertz CT molecular complexity index is 642. The second-order valence-corrected chi connectivity index (χ2v) is 5.63. The Morgan fingerprint density at radius 1 is 1.35 bits per heavy atom. The molecule has 8 heteroatoms. The highest BCUT2D eigenvalue weighted by molar-refractivity contribution is 5.80. The van der Waals surface area contributed by atoms with E-state index in [0.717, 1.165) is 12.1 Å². The summed E-state index contributed by atoms with van der Waals surface area (Å²) in [5.74, 6) is 0.898. The number of nitrogens with zero attached hydrogens (tertiary/aromatic N) is 4. The van der Waals surface area contributed by atoms with Crippen LogP contribution >= 0.6 is 0 Å². The van der Waals surface area contributed by atoms with E-state index in [4.69, 9.17) is 0 Å². The standard InChI is InChI=1S/C15H21N7O/c1-22-10-11(6-21-22)12-7-17-8-13(12)15(23)20-5-4-19-14-9-16-2-3-18-14/h2-3,6,9-10,12-13,17H,4-5,7-8H2,1H3,(H,18,19)(H,20,23)/t12-,13+/m1/s1. The first-order chi connectivity index (χ1) is 11.2. The molecule has 3 N–H and O–H groups in total. The van der Waals surface area contributed by atoms with Crippen molar-refractivity contribution < 1.29 is 4.79 Å². The molecule has 23 heavy (non-hydrogen) atoms. The average molecular weight is 315 g/mol. The van der Waals surface area contributed by atoms with Gasteiger partial charge in [0.1, 0.15) is 5.82 Å². The maximum absolute atomic E-state index is 12.4. The first kappa shape index (κ1) is 15.4. The van der Waals surface area contributed by atoms with E-state index in [2.05, 4.69) is 31.0 Å². The minimum atomic E-state index is -0.0595. The summed E-state index contributed by atoms with van der Waals surface area (Å²) < 4.78 is 1.77. The lowest BCUT2D eigenvalue weighted by atomic mass is 9.90. The van der Waals surface area contributed by atoms with Crippen LogP contribution in [-0.4, -0.2) is 51.8 Å². The van der Waals surface area contributed by atoms with Crippen molar-refractivity contribution in [1.82, 2.24) is 30.4 Å². The van der Waals surface area contributed by atoms with Gasteiger partial charge in [-0.25, -0.2) is 4.98 Å². The van der Waals surface area contributed by atoms with Gasteiger partial charge in [-0.2, -0.15) is 5.10 Å². The predicted octanol–water partition coefficient (Wildman–Crippen LogP) is -0.259. The van der Waals surface area contributed by atoms with Crippen LogP contribution in [0.3, 0.4) is 0 Å². The molecule has 0 aliphatic carbocycles. The van der Waals surface area contributed by atoms with Gasteiger partial charge in [-0.15, -0.1) is 0 Å². The lowest BCUT2D eigenvalue weighted by molar-refractivity contribution is -0.124. The fourth-order valence-corrected chi connectivity index (χ4v) is 2.83. The lowest BCUT2D eigenvalue weighted by Crippen LogP contribution is -2.36. The van der Waals surface area contributed by atoms with E-state index in [1.165, 1.54) is 0 Å². The van der Waals surface area contributed by atoms with Crippen LogP contribution in [0.15, 0.2) is 31.0 Å². The molecule has 0 bridgehead atoms. The minimum Gasteiger partial charge on any atom is -0.367 e. The number of hydrogen-bond acceptors (Lipinski definition) is 6. The van der Waals surface area contributed by atoms with Crippen molar-refractivity contribution in [2.45, 2.75) is 5.92 Å². The molecule has 0 aromatic carbocycles. The van der Waals surface area contributed by atoms with E-state index in [9.17, 15) is 4.79 Å². The first-order valence-corrected chi connectivity index (χ1v) is 7.71. The van der Waals surface area contributed by atoms with Gasteiger partial charge in [-0.3, -0.25) is 14.5 Å². The molecule has 2 aromatic heterocycles. The second-order valence-electron chi connectivity index (χ2n) is 5.63. The number of aryl methyl sites for hydroxylation is 1. The van der Waals surface area contributed by atoms with Crippen LogP contribution in [0.1, 0.15) is 11.5 Å². The van der Waals surface area contributed by atoms with E-state index in [1.807, 2.05) is 19.4 Å². The van der Waals surface area contributed by atoms with Crippen LogP contribution in [0, 0.1) is 5.92 Å². The molecule has 1 aliphatic heterocycles. The third-order valence-electron chi connectivity index (χ3n) is 4.00. The summed E-state index contributed by atoms with van der Waals surface area (Å²) in [7, 11) is 1.89. The molecule has 2 atom stereocenters. The molecule has 0 saturated carbocycles. The molecule has 8 nitrogen and oxygen atoms in total. The van der Waals surface area contributed by atoms with Gasteiger partial charge in [-0.05, 0) is 5.56 Å². The molecule has 122 valence electrons. The molecular weight excluding hydrogens is 294 g/mol. The Kier molecular flexibility index (Phi) is 4.82. The fourth-order valence-electron chi connectivity index (χ4n) is 2.83.